The molecule has 5 nitrogen and oxygen atoms in total. The number of aromatic amines is 1. The summed E-state index contributed by atoms with van der Waals surface area (Å²) in [6.45, 7) is 15.3. The fraction of sp³-hybridized carbons (Fsp3) is 0.643. The molecule has 0 aliphatic carbocycles. The molecular weight excluding hydrogens is 408 g/mol. The van der Waals surface area contributed by atoms with Crippen molar-refractivity contribution in [3.63, 3.8) is 0 Å². The van der Waals surface area contributed by atoms with Gasteiger partial charge in [0.1, 0.15) is 5.82 Å². The maximum Gasteiger partial charge on any atom is 0.251 e. The molecule has 0 radical (unpaired) electrons. The van der Waals surface area contributed by atoms with Gasteiger partial charge in [-0.05, 0) is 56.2 Å². The van der Waals surface area contributed by atoms with Crippen LogP contribution in [0.3, 0.4) is 0 Å². The molecule has 0 saturated heterocycles. The van der Waals surface area contributed by atoms with Gasteiger partial charge in [0.05, 0.1) is 17.9 Å². The number of anilines is 1. The van der Waals surface area contributed by atoms with Crippen LogP contribution < -0.4 is 10.2 Å². The van der Waals surface area contributed by atoms with Gasteiger partial charge in [0.15, 0.2) is 0 Å². The summed E-state index contributed by atoms with van der Waals surface area (Å²) in [5, 5.41) is 3.28. The highest BCUT2D eigenvalue weighted by Crippen LogP contribution is 2.23. The number of carbonyl (C=O) groups excluding carboxylic acids is 1. The Morgan fingerprint density at radius 2 is 1.79 bits per heavy atom. The van der Waals surface area contributed by atoms with Gasteiger partial charge in [-0.3, -0.25) is 4.79 Å². The number of H-pyrrole nitrogens is 1. The maximum atomic E-state index is 13.3. The Bertz CT molecular complexity index is 831. The van der Waals surface area contributed by atoms with Gasteiger partial charge in [-0.15, -0.1) is 0 Å². The molecule has 0 fully saturated rings. The van der Waals surface area contributed by atoms with E-state index in [1.165, 1.54) is 25.7 Å². The molecule has 2 aromatic rings. The first-order valence-corrected chi connectivity index (χ1v) is 13.0. The third-order valence-corrected chi connectivity index (χ3v) is 6.85. The zero-order valence-electron chi connectivity index (χ0n) is 21.8. The van der Waals surface area contributed by atoms with Crippen molar-refractivity contribution in [1.82, 2.24) is 15.3 Å². The van der Waals surface area contributed by atoms with Crippen LogP contribution in [0.1, 0.15) is 107 Å². The lowest BCUT2D eigenvalue weighted by molar-refractivity contribution is 0.0933. The predicted molar refractivity (Wildman–Crippen MR) is 140 cm³/mol. The van der Waals surface area contributed by atoms with E-state index in [2.05, 4.69) is 66.9 Å². The summed E-state index contributed by atoms with van der Waals surface area (Å²) in [4.78, 5) is 23.4. The lowest BCUT2D eigenvalue weighted by Gasteiger charge is -2.26. The molecule has 184 valence electrons. The molecule has 0 aliphatic heterocycles. The standard InChI is InChI=1S/C28H46N4O/c1-7-17-32(18-16-22(5)9-3)25-14-11-13-24(19-25)28(33)31-26(15-10-12-21(4)8-2)27-20-29-23(6)30-27/h11,13-14,19-22,26H,7-10,12,15-18H2,1-6H3,(H,29,30)(H,31,33). The second-order valence-electron chi connectivity index (χ2n) is 9.73. The number of amides is 1. The highest BCUT2D eigenvalue weighted by Gasteiger charge is 2.19. The molecule has 3 atom stereocenters. The van der Waals surface area contributed by atoms with Gasteiger partial charge in [-0.2, -0.15) is 0 Å². The van der Waals surface area contributed by atoms with E-state index < -0.39 is 0 Å². The molecule has 1 aromatic heterocycles. The first-order valence-electron chi connectivity index (χ1n) is 13.0. The van der Waals surface area contributed by atoms with Crippen molar-refractivity contribution >= 4 is 11.6 Å². The van der Waals surface area contributed by atoms with Gasteiger partial charge in [0.25, 0.3) is 5.91 Å². The number of hydrogen-bond donors (Lipinski definition) is 2. The van der Waals surface area contributed by atoms with Gasteiger partial charge in [0.2, 0.25) is 0 Å². The number of imidazole rings is 1. The third-order valence-electron chi connectivity index (χ3n) is 6.85. The zero-order valence-corrected chi connectivity index (χ0v) is 21.8. The van der Waals surface area contributed by atoms with Crippen molar-refractivity contribution in [3.05, 3.63) is 47.5 Å². The SMILES string of the molecule is CCCN(CCC(C)CC)c1cccc(C(=O)NC(CCCC(C)CC)c2cnc(C)[nH]2)c1. The van der Waals surface area contributed by atoms with Crippen molar-refractivity contribution in [3.8, 4) is 0 Å². The van der Waals surface area contributed by atoms with Crippen molar-refractivity contribution in [2.45, 2.75) is 92.5 Å². The molecule has 2 rings (SSSR count). The number of aryl methyl sites for hydroxylation is 1. The maximum absolute atomic E-state index is 13.3. The fourth-order valence-electron chi connectivity index (χ4n) is 4.10. The molecule has 5 heteroatoms. The summed E-state index contributed by atoms with van der Waals surface area (Å²) in [7, 11) is 0. The van der Waals surface area contributed by atoms with E-state index in [4.69, 9.17) is 0 Å². The minimum absolute atomic E-state index is 0.0176. The summed E-state index contributed by atoms with van der Waals surface area (Å²) in [6.07, 6.45) is 9.68. The van der Waals surface area contributed by atoms with Gasteiger partial charge < -0.3 is 15.2 Å². The second-order valence-corrected chi connectivity index (χ2v) is 9.73. The van der Waals surface area contributed by atoms with Gasteiger partial charge in [0, 0.05) is 24.3 Å². The molecule has 0 saturated carbocycles. The average Bonchev–Trinajstić information content (AvgIpc) is 3.26. The number of nitrogens with one attached hydrogen (secondary N) is 2. The number of rotatable bonds is 15. The number of benzene rings is 1. The van der Waals surface area contributed by atoms with E-state index in [-0.39, 0.29) is 11.9 Å². The Hall–Kier alpha value is -2.30. The monoisotopic (exact) mass is 454 g/mol. The molecule has 1 aromatic carbocycles. The minimum Gasteiger partial charge on any atom is -0.372 e. The Morgan fingerprint density at radius 1 is 1.06 bits per heavy atom. The van der Waals surface area contributed by atoms with Crippen LogP contribution in [0.2, 0.25) is 0 Å². The van der Waals surface area contributed by atoms with Gasteiger partial charge in [-0.1, -0.05) is 66.4 Å². The second kappa shape index (κ2) is 14.1. The molecule has 2 N–H and O–H groups in total. The van der Waals surface area contributed by atoms with Crippen LogP contribution >= 0.6 is 0 Å². The molecule has 1 heterocycles. The van der Waals surface area contributed by atoms with Crippen LogP contribution in [-0.4, -0.2) is 29.0 Å². The Morgan fingerprint density at radius 3 is 2.42 bits per heavy atom. The third kappa shape index (κ3) is 8.87. The first kappa shape index (κ1) is 26.9. The molecule has 0 aliphatic rings. The van der Waals surface area contributed by atoms with Crippen LogP contribution in [0.25, 0.3) is 0 Å². The molecular formula is C28H46N4O. The molecule has 3 unspecified atom stereocenters. The molecule has 33 heavy (non-hydrogen) atoms. The van der Waals surface area contributed by atoms with Crippen molar-refractivity contribution in [1.29, 1.82) is 0 Å². The summed E-state index contributed by atoms with van der Waals surface area (Å²) in [5.74, 6) is 2.28. The summed E-state index contributed by atoms with van der Waals surface area (Å²) in [5.41, 5.74) is 2.85. The molecule has 0 bridgehead atoms. The highest BCUT2D eigenvalue weighted by molar-refractivity contribution is 5.95. The average molecular weight is 455 g/mol. The summed E-state index contributed by atoms with van der Waals surface area (Å²) in [6, 6.07) is 8.06. The predicted octanol–water partition coefficient (Wildman–Crippen LogP) is 7.06. The quantitative estimate of drug-likeness (QED) is 0.303. The van der Waals surface area contributed by atoms with E-state index in [1.54, 1.807) is 0 Å². The van der Waals surface area contributed by atoms with E-state index in [1.807, 2.05) is 25.3 Å². The summed E-state index contributed by atoms with van der Waals surface area (Å²) < 4.78 is 0. The van der Waals surface area contributed by atoms with Crippen molar-refractivity contribution < 1.29 is 4.79 Å². The number of carbonyl (C=O) groups is 1. The van der Waals surface area contributed by atoms with Crippen LogP contribution in [0.4, 0.5) is 5.69 Å². The number of hydrogen-bond acceptors (Lipinski definition) is 3. The van der Waals surface area contributed by atoms with E-state index >= 15 is 0 Å². The lowest BCUT2D eigenvalue weighted by Crippen LogP contribution is -2.30. The Labute approximate surface area is 201 Å². The van der Waals surface area contributed by atoms with Crippen LogP contribution in [0, 0.1) is 18.8 Å². The minimum atomic E-state index is -0.0523. The van der Waals surface area contributed by atoms with Crippen molar-refractivity contribution in [2.75, 3.05) is 18.0 Å². The van der Waals surface area contributed by atoms with Crippen molar-refractivity contribution in [2.24, 2.45) is 11.8 Å². The largest absolute Gasteiger partial charge is 0.372 e. The Kier molecular flexibility index (Phi) is 11.5. The van der Waals surface area contributed by atoms with Crippen LogP contribution in [0.5, 0.6) is 0 Å². The Balaban J connectivity index is 2.12. The number of nitrogens with zero attached hydrogens (tertiary/aromatic N) is 2. The lowest BCUT2D eigenvalue weighted by atomic mass is 9.98. The zero-order chi connectivity index (χ0) is 24.2. The van der Waals surface area contributed by atoms with E-state index in [0.717, 1.165) is 55.1 Å². The van der Waals surface area contributed by atoms with E-state index in [9.17, 15) is 4.79 Å². The molecule has 0 spiro atoms. The normalized spacial score (nSPS) is 14.0. The van der Waals surface area contributed by atoms with Crippen LogP contribution in [0.15, 0.2) is 30.5 Å². The first-order chi connectivity index (χ1) is 15.9. The van der Waals surface area contributed by atoms with E-state index in [0.29, 0.717) is 11.8 Å². The van der Waals surface area contributed by atoms with Gasteiger partial charge >= 0.3 is 0 Å². The topological polar surface area (TPSA) is 61.0 Å². The molecule has 1 amide bonds. The fourth-order valence-corrected chi connectivity index (χ4v) is 4.10. The van der Waals surface area contributed by atoms with Gasteiger partial charge in [-0.25, -0.2) is 4.98 Å². The highest BCUT2D eigenvalue weighted by atomic mass is 16.1. The summed E-state index contributed by atoms with van der Waals surface area (Å²) >= 11 is 0. The number of aromatic nitrogens is 2. The van der Waals surface area contributed by atoms with Crippen LogP contribution in [-0.2, 0) is 0 Å². The smallest absolute Gasteiger partial charge is 0.251 e.